The van der Waals surface area contributed by atoms with Gasteiger partial charge in [0, 0.05) is 18.6 Å². The predicted octanol–water partition coefficient (Wildman–Crippen LogP) is 3.20. The number of hydrogen-bond donors (Lipinski definition) is 1. The van der Waals surface area contributed by atoms with Crippen LogP contribution in [-0.2, 0) is 16.0 Å². The summed E-state index contributed by atoms with van der Waals surface area (Å²) in [4.78, 5) is 24.2. The van der Waals surface area contributed by atoms with Crippen LogP contribution in [0.15, 0.2) is 36.4 Å². The molecule has 1 N–H and O–H groups in total. The Morgan fingerprint density at radius 3 is 2.19 bits per heavy atom. The molecule has 0 aromatic heterocycles. The van der Waals surface area contributed by atoms with Gasteiger partial charge in [0.05, 0.1) is 32.6 Å². The molecule has 0 atom stereocenters. The van der Waals surface area contributed by atoms with Crippen LogP contribution >= 0.6 is 0 Å². The lowest BCUT2D eigenvalue weighted by atomic mass is 10.1. The van der Waals surface area contributed by atoms with Gasteiger partial charge in [-0.1, -0.05) is 12.1 Å². The number of esters is 1. The number of aryl methyl sites for hydroxylation is 1. The number of carbonyl (C=O) groups is 2. The molecule has 1 amide bonds. The van der Waals surface area contributed by atoms with Crippen molar-refractivity contribution in [3.63, 3.8) is 0 Å². The summed E-state index contributed by atoms with van der Waals surface area (Å²) in [7, 11) is 4.15. The van der Waals surface area contributed by atoms with Gasteiger partial charge in [-0.05, 0) is 24.1 Å². The second-order valence-electron chi connectivity index (χ2n) is 5.42. The molecule has 0 heterocycles. The molecule has 0 unspecified atom stereocenters. The summed E-state index contributed by atoms with van der Waals surface area (Å²) in [5.74, 6) is -0.524. The maximum Gasteiger partial charge on any atom is 0.340 e. The second kappa shape index (κ2) is 8.84. The highest BCUT2D eigenvalue weighted by Gasteiger charge is 2.19. The summed E-state index contributed by atoms with van der Waals surface area (Å²) >= 11 is 0. The minimum absolute atomic E-state index is 0.153. The summed E-state index contributed by atoms with van der Waals surface area (Å²) in [5.41, 5.74) is 1.25. The van der Waals surface area contributed by atoms with Gasteiger partial charge in [-0.15, -0.1) is 0 Å². The van der Waals surface area contributed by atoms with E-state index in [4.69, 9.17) is 14.2 Å². The molecular formula is C19H20FNO5. The minimum Gasteiger partial charge on any atom is -0.493 e. The third kappa shape index (κ3) is 4.72. The molecule has 0 aliphatic carbocycles. The minimum atomic E-state index is -0.611. The summed E-state index contributed by atoms with van der Waals surface area (Å²) in [6.45, 7) is 0. The molecule has 7 heteroatoms. The molecule has 0 aliphatic rings. The van der Waals surface area contributed by atoms with Crippen molar-refractivity contribution in [1.29, 1.82) is 0 Å². The van der Waals surface area contributed by atoms with E-state index in [2.05, 4.69) is 5.32 Å². The number of nitrogens with one attached hydrogen (secondary N) is 1. The van der Waals surface area contributed by atoms with Crippen molar-refractivity contribution in [2.45, 2.75) is 12.8 Å². The molecule has 0 aliphatic heterocycles. The van der Waals surface area contributed by atoms with Crippen LogP contribution in [-0.4, -0.2) is 33.2 Å². The highest BCUT2D eigenvalue weighted by atomic mass is 19.1. The van der Waals surface area contributed by atoms with Crippen LogP contribution in [0.3, 0.4) is 0 Å². The molecule has 6 nitrogen and oxygen atoms in total. The first kappa shape index (κ1) is 19.2. The highest BCUT2D eigenvalue weighted by Crippen LogP contribution is 2.33. The fourth-order valence-electron chi connectivity index (χ4n) is 2.38. The van der Waals surface area contributed by atoms with Crippen LogP contribution in [0.2, 0.25) is 0 Å². The molecule has 2 rings (SSSR count). The number of rotatable bonds is 7. The van der Waals surface area contributed by atoms with Crippen molar-refractivity contribution in [2.75, 3.05) is 26.6 Å². The maximum absolute atomic E-state index is 12.9. The van der Waals surface area contributed by atoms with Gasteiger partial charge in [-0.2, -0.15) is 0 Å². The Morgan fingerprint density at radius 1 is 1.00 bits per heavy atom. The molecule has 0 bridgehead atoms. The fourth-order valence-corrected chi connectivity index (χ4v) is 2.38. The molecule has 0 spiro atoms. The van der Waals surface area contributed by atoms with Gasteiger partial charge in [0.15, 0.2) is 11.5 Å². The van der Waals surface area contributed by atoms with Crippen LogP contribution in [0.4, 0.5) is 10.1 Å². The van der Waals surface area contributed by atoms with Gasteiger partial charge in [0.2, 0.25) is 5.91 Å². The van der Waals surface area contributed by atoms with E-state index in [1.807, 2.05) is 0 Å². The summed E-state index contributed by atoms with van der Waals surface area (Å²) < 4.78 is 28.0. The quantitative estimate of drug-likeness (QED) is 0.767. The number of methoxy groups -OCH3 is 3. The van der Waals surface area contributed by atoms with Crippen molar-refractivity contribution in [2.24, 2.45) is 0 Å². The van der Waals surface area contributed by atoms with Crippen LogP contribution in [0.25, 0.3) is 0 Å². The Hall–Kier alpha value is -3.09. The summed E-state index contributed by atoms with van der Waals surface area (Å²) in [6.07, 6.45) is 0.605. The van der Waals surface area contributed by atoms with Crippen LogP contribution in [0, 0.1) is 5.82 Å². The monoisotopic (exact) mass is 361 g/mol. The zero-order valence-electron chi connectivity index (χ0n) is 14.8. The molecule has 0 saturated carbocycles. The van der Waals surface area contributed by atoms with Gasteiger partial charge in [-0.3, -0.25) is 4.79 Å². The van der Waals surface area contributed by atoms with Crippen molar-refractivity contribution in [3.8, 4) is 11.5 Å². The maximum atomic E-state index is 12.9. The zero-order valence-corrected chi connectivity index (χ0v) is 14.8. The van der Waals surface area contributed by atoms with E-state index in [0.29, 0.717) is 17.9 Å². The lowest BCUT2D eigenvalue weighted by Crippen LogP contribution is -2.16. The zero-order chi connectivity index (χ0) is 19.1. The average Bonchev–Trinajstić information content (AvgIpc) is 2.66. The van der Waals surface area contributed by atoms with Gasteiger partial charge < -0.3 is 19.5 Å². The lowest BCUT2D eigenvalue weighted by molar-refractivity contribution is -0.116. The Bertz CT molecular complexity index is 789. The number of amides is 1. The molecule has 0 radical (unpaired) electrons. The van der Waals surface area contributed by atoms with E-state index in [1.54, 1.807) is 12.1 Å². The molecule has 0 saturated heterocycles. The van der Waals surface area contributed by atoms with Crippen molar-refractivity contribution < 1.29 is 28.2 Å². The molecule has 0 fully saturated rings. The van der Waals surface area contributed by atoms with E-state index in [-0.39, 0.29) is 29.4 Å². The average molecular weight is 361 g/mol. The first-order valence-corrected chi connectivity index (χ1v) is 7.87. The van der Waals surface area contributed by atoms with E-state index < -0.39 is 5.97 Å². The van der Waals surface area contributed by atoms with E-state index >= 15 is 0 Å². The number of ether oxygens (including phenoxy) is 3. The number of hydrogen-bond acceptors (Lipinski definition) is 5. The fraction of sp³-hybridized carbons (Fsp3) is 0.263. The lowest BCUT2D eigenvalue weighted by Gasteiger charge is -2.14. The van der Waals surface area contributed by atoms with Gasteiger partial charge in [0.1, 0.15) is 5.82 Å². The third-order valence-corrected chi connectivity index (χ3v) is 3.76. The van der Waals surface area contributed by atoms with Crippen LogP contribution in [0.1, 0.15) is 22.3 Å². The Kier molecular flexibility index (Phi) is 6.54. The van der Waals surface area contributed by atoms with E-state index in [0.717, 1.165) is 5.56 Å². The molecule has 26 heavy (non-hydrogen) atoms. The SMILES string of the molecule is COC(=O)c1cc(OC)c(OC)cc1NC(=O)CCc1ccc(F)cc1. The first-order valence-electron chi connectivity index (χ1n) is 7.87. The second-order valence-corrected chi connectivity index (χ2v) is 5.42. The number of benzene rings is 2. The van der Waals surface area contributed by atoms with Gasteiger partial charge in [0.25, 0.3) is 0 Å². The summed E-state index contributed by atoms with van der Waals surface area (Å²) in [5, 5.41) is 2.68. The van der Waals surface area contributed by atoms with Crippen LogP contribution < -0.4 is 14.8 Å². The Morgan fingerprint density at radius 2 is 1.62 bits per heavy atom. The highest BCUT2D eigenvalue weighted by molar-refractivity contribution is 6.02. The smallest absolute Gasteiger partial charge is 0.340 e. The Balaban J connectivity index is 2.16. The van der Waals surface area contributed by atoms with Crippen molar-refractivity contribution in [1.82, 2.24) is 0 Å². The van der Waals surface area contributed by atoms with Gasteiger partial charge >= 0.3 is 5.97 Å². The molecule has 2 aromatic carbocycles. The largest absolute Gasteiger partial charge is 0.493 e. The summed E-state index contributed by atoms with van der Waals surface area (Å²) in [6, 6.07) is 8.88. The Labute approximate surface area is 150 Å². The van der Waals surface area contributed by atoms with Gasteiger partial charge in [-0.25, -0.2) is 9.18 Å². The standard InChI is InChI=1S/C19H20FNO5/c1-24-16-10-14(19(23)26-3)15(11-17(16)25-2)21-18(22)9-6-12-4-7-13(20)8-5-12/h4-5,7-8,10-11H,6,9H2,1-3H3,(H,21,22). The van der Waals surface area contributed by atoms with Crippen molar-refractivity contribution >= 4 is 17.6 Å². The normalized spacial score (nSPS) is 10.2. The molecular weight excluding hydrogens is 341 g/mol. The topological polar surface area (TPSA) is 73.9 Å². The molecule has 2 aromatic rings. The molecule has 138 valence electrons. The number of carbonyl (C=O) groups excluding carboxylic acids is 2. The van der Waals surface area contributed by atoms with Crippen LogP contribution in [0.5, 0.6) is 11.5 Å². The van der Waals surface area contributed by atoms with E-state index in [9.17, 15) is 14.0 Å². The predicted molar refractivity (Wildman–Crippen MR) is 94.2 cm³/mol. The van der Waals surface area contributed by atoms with Crippen molar-refractivity contribution in [3.05, 3.63) is 53.3 Å². The number of halogens is 1. The third-order valence-electron chi connectivity index (χ3n) is 3.76. The number of anilines is 1. The first-order chi connectivity index (χ1) is 12.5. The van der Waals surface area contributed by atoms with E-state index in [1.165, 1.54) is 45.6 Å².